The minimum absolute atomic E-state index is 0.0850. The van der Waals surface area contributed by atoms with Crippen molar-refractivity contribution in [1.29, 1.82) is 0 Å². The molecule has 0 fully saturated rings. The predicted molar refractivity (Wildman–Crippen MR) is 92.5 cm³/mol. The van der Waals surface area contributed by atoms with Crippen molar-refractivity contribution >= 4 is 17.1 Å². The van der Waals surface area contributed by atoms with Crippen molar-refractivity contribution in [3.8, 4) is 0 Å². The van der Waals surface area contributed by atoms with Crippen LogP contribution in [0.1, 0.15) is 24.5 Å². The summed E-state index contributed by atoms with van der Waals surface area (Å²) in [6.07, 6.45) is -4.45. The highest BCUT2D eigenvalue weighted by atomic mass is 19.4. The lowest BCUT2D eigenvalue weighted by Gasteiger charge is -2.24. The number of nitro groups is 2. The molecule has 0 unspecified atom stereocenters. The summed E-state index contributed by atoms with van der Waals surface area (Å²) in [6, 6.07) is 9.36. The smallest absolute Gasteiger partial charge is 0.356 e. The molecule has 0 atom stereocenters. The fourth-order valence-corrected chi connectivity index (χ4v) is 2.71. The molecule has 0 radical (unpaired) electrons. The van der Waals surface area contributed by atoms with E-state index in [0.29, 0.717) is 18.6 Å². The van der Waals surface area contributed by atoms with Gasteiger partial charge in [-0.3, -0.25) is 20.2 Å². The molecule has 0 bridgehead atoms. The topological polar surface area (TPSA) is 89.5 Å². The number of nitrogens with zero attached hydrogens (tertiary/aromatic N) is 3. The molecular weight excluding hydrogens is 367 g/mol. The summed E-state index contributed by atoms with van der Waals surface area (Å²) < 4.78 is 39.1. The lowest BCUT2D eigenvalue weighted by molar-refractivity contribution is -0.393. The van der Waals surface area contributed by atoms with Crippen LogP contribution in [0.2, 0.25) is 0 Å². The highest BCUT2D eigenvalue weighted by Crippen LogP contribution is 2.43. The molecule has 144 valence electrons. The molecular formula is C17H16F3N3O4. The minimum Gasteiger partial charge on any atom is -0.356 e. The van der Waals surface area contributed by atoms with Crippen molar-refractivity contribution in [1.82, 2.24) is 0 Å². The SMILES string of the molecule is CCCN(Cc1ccccc1)c1c([N+](=O)[O-])cc(C(F)(F)F)cc1[N+](=O)[O-]. The third-order valence-electron chi connectivity index (χ3n) is 3.82. The van der Waals surface area contributed by atoms with Crippen LogP contribution in [0.4, 0.5) is 30.2 Å². The van der Waals surface area contributed by atoms with Crippen LogP contribution in [0.5, 0.6) is 0 Å². The standard InChI is InChI=1S/C17H16F3N3O4/c1-2-8-21(11-12-6-4-3-5-7-12)16-14(22(24)25)9-13(17(18,19)20)10-15(16)23(26)27/h3-7,9-10H,2,8,11H2,1H3. The van der Waals surface area contributed by atoms with Crippen molar-refractivity contribution in [2.24, 2.45) is 0 Å². The van der Waals surface area contributed by atoms with E-state index in [1.54, 1.807) is 37.3 Å². The number of rotatable bonds is 7. The molecule has 27 heavy (non-hydrogen) atoms. The Hall–Kier alpha value is -3.17. The maximum Gasteiger partial charge on any atom is 0.416 e. The van der Waals surface area contributed by atoms with Crippen LogP contribution in [-0.4, -0.2) is 16.4 Å². The average molecular weight is 383 g/mol. The molecule has 0 aliphatic rings. The van der Waals surface area contributed by atoms with Gasteiger partial charge in [0.05, 0.1) is 15.4 Å². The van der Waals surface area contributed by atoms with E-state index in [-0.39, 0.29) is 13.1 Å². The van der Waals surface area contributed by atoms with E-state index in [2.05, 4.69) is 0 Å². The van der Waals surface area contributed by atoms with Gasteiger partial charge in [-0.2, -0.15) is 13.2 Å². The van der Waals surface area contributed by atoms with Gasteiger partial charge in [0.1, 0.15) is 0 Å². The number of anilines is 1. The zero-order chi connectivity index (χ0) is 20.2. The average Bonchev–Trinajstić information content (AvgIpc) is 2.60. The Morgan fingerprint density at radius 1 is 1.00 bits per heavy atom. The van der Waals surface area contributed by atoms with Crippen molar-refractivity contribution in [2.75, 3.05) is 11.4 Å². The van der Waals surface area contributed by atoms with Crippen molar-refractivity contribution in [3.05, 3.63) is 73.8 Å². The highest BCUT2D eigenvalue weighted by Gasteiger charge is 2.39. The van der Waals surface area contributed by atoms with Gasteiger partial charge in [-0.1, -0.05) is 37.3 Å². The Kier molecular flexibility index (Phi) is 5.98. The first-order valence-corrected chi connectivity index (χ1v) is 7.98. The third-order valence-corrected chi connectivity index (χ3v) is 3.82. The van der Waals surface area contributed by atoms with Crippen LogP contribution in [0.25, 0.3) is 0 Å². The van der Waals surface area contributed by atoms with Gasteiger partial charge in [-0.05, 0) is 12.0 Å². The quantitative estimate of drug-likeness (QED) is 0.499. The Labute approximate surface area is 152 Å². The van der Waals surface area contributed by atoms with Gasteiger partial charge >= 0.3 is 6.18 Å². The molecule has 0 aromatic heterocycles. The molecule has 0 amide bonds. The number of halogens is 3. The predicted octanol–water partition coefficient (Wildman–Crippen LogP) is 4.94. The number of hydrogen-bond donors (Lipinski definition) is 0. The number of hydrogen-bond acceptors (Lipinski definition) is 5. The highest BCUT2D eigenvalue weighted by molar-refractivity contribution is 5.76. The number of benzene rings is 2. The summed E-state index contributed by atoms with van der Waals surface area (Å²) in [4.78, 5) is 22.2. The molecule has 0 aliphatic heterocycles. The summed E-state index contributed by atoms with van der Waals surface area (Å²) in [5.41, 5.74) is -3.03. The van der Waals surface area contributed by atoms with Gasteiger partial charge in [-0.25, -0.2) is 0 Å². The lowest BCUT2D eigenvalue weighted by Crippen LogP contribution is -2.25. The maximum atomic E-state index is 13.0. The molecule has 2 rings (SSSR count). The second kappa shape index (κ2) is 8.02. The van der Waals surface area contributed by atoms with Crippen molar-refractivity contribution in [3.63, 3.8) is 0 Å². The zero-order valence-electron chi connectivity index (χ0n) is 14.3. The second-order valence-corrected chi connectivity index (χ2v) is 5.78. The first kappa shape index (κ1) is 20.1. The van der Waals surface area contributed by atoms with Gasteiger partial charge in [0.2, 0.25) is 0 Å². The molecule has 10 heteroatoms. The van der Waals surface area contributed by atoms with Crippen LogP contribution in [0.3, 0.4) is 0 Å². The van der Waals surface area contributed by atoms with E-state index in [4.69, 9.17) is 0 Å². The summed E-state index contributed by atoms with van der Waals surface area (Å²) >= 11 is 0. The fraction of sp³-hybridized carbons (Fsp3) is 0.294. The zero-order valence-corrected chi connectivity index (χ0v) is 14.3. The Bertz CT molecular complexity index is 806. The van der Waals surface area contributed by atoms with E-state index in [1.807, 2.05) is 0 Å². The van der Waals surface area contributed by atoms with Crippen molar-refractivity contribution < 1.29 is 23.0 Å². The van der Waals surface area contributed by atoms with Crippen LogP contribution in [0.15, 0.2) is 42.5 Å². The molecule has 7 nitrogen and oxygen atoms in total. The van der Waals surface area contributed by atoms with Crippen LogP contribution in [0, 0.1) is 20.2 Å². The van der Waals surface area contributed by atoms with Crippen LogP contribution < -0.4 is 4.90 Å². The van der Waals surface area contributed by atoms with E-state index in [1.165, 1.54) is 4.90 Å². The maximum absolute atomic E-state index is 13.0. The van der Waals surface area contributed by atoms with E-state index < -0.39 is 38.6 Å². The van der Waals surface area contributed by atoms with E-state index >= 15 is 0 Å². The first-order valence-electron chi connectivity index (χ1n) is 7.98. The lowest BCUT2D eigenvalue weighted by atomic mass is 10.1. The number of nitro benzene ring substituents is 2. The Balaban J connectivity index is 2.69. The van der Waals surface area contributed by atoms with Gasteiger partial charge in [0.25, 0.3) is 11.4 Å². The van der Waals surface area contributed by atoms with E-state index in [0.717, 1.165) is 5.56 Å². The van der Waals surface area contributed by atoms with Gasteiger partial charge in [0, 0.05) is 25.2 Å². The molecule has 0 aliphatic carbocycles. The molecule has 0 saturated heterocycles. The van der Waals surface area contributed by atoms with Gasteiger partial charge in [-0.15, -0.1) is 0 Å². The third kappa shape index (κ3) is 4.72. The second-order valence-electron chi connectivity index (χ2n) is 5.78. The summed E-state index contributed by atoms with van der Waals surface area (Å²) in [5, 5.41) is 22.9. The van der Waals surface area contributed by atoms with Gasteiger partial charge in [0.15, 0.2) is 5.69 Å². The molecule has 0 N–H and O–H groups in total. The van der Waals surface area contributed by atoms with Crippen LogP contribution in [-0.2, 0) is 12.7 Å². The van der Waals surface area contributed by atoms with Gasteiger partial charge < -0.3 is 4.90 Å². The molecule has 2 aromatic carbocycles. The van der Waals surface area contributed by atoms with Crippen molar-refractivity contribution in [2.45, 2.75) is 26.1 Å². The minimum atomic E-state index is -4.94. The summed E-state index contributed by atoms with van der Waals surface area (Å²) in [7, 11) is 0. The van der Waals surface area contributed by atoms with Crippen LogP contribution >= 0.6 is 0 Å². The Morgan fingerprint density at radius 2 is 1.52 bits per heavy atom. The monoisotopic (exact) mass is 383 g/mol. The largest absolute Gasteiger partial charge is 0.416 e. The molecule has 0 saturated carbocycles. The molecule has 0 heterocycles. The fourth-order valence-electron chi connectivity index (χ4n) is 2.71. The number of alkyl halides is 3. The first-order chi connectivity index (χ1) is 12.6. The summed E-state index contributed by atoms with van der Waals surface area (Å²) in [5.74, 6) is 0. The molecule has 0 spiro atoms. The van der Waals surface area contributed by atoms with E-state index in [9.17, 15) is 33.4 Å². The Morgan fingerprint density at radius 3 is 1.93 bits per heavy atom. The normalized spacial score (nSPS) is 11.3. The molecule has 2 aromatic rings. The summed E-state index contributed by atoms with van der Waals surface area (Å²) in [6.45, 7) is 2.05.